The van der Waals surface area contributed by atoms with E-state index in [1.54, 1.807) is 10.7 Å². The molecule has 0 radical (unpaired) electrons. The van der Waals surface area contributed by atoms with Gasteiger partial charge in [0.15, 0.2) is 0 Å². The maximum Gasteiger partial charge on any atom is 0.238 e. The van der Waals surface area contributed by atoms with Crippen molar-refractivity contribution < 1.29 is 4.39 Å². The van der Waals surface area contributed by atoms with Crippen LogP contribution in [0.3, 0.4) is 0 Å². The van der Waals surface area contributed by atoms with Crippen LogP contribution in [0.1, 0.15) is 37.8 Å². The van der Waals surface area contributed by atoms with Crippen LogP contribution in [0.25, 0.3) is 16.8 Å². The number of alkyl halides is 1. The molecule has 0 saturated carbocycles. The minimum atomic E-state index is -0.301. The molecule has 7 heteroatoms. The highest BCUT2D eigenvalue weighted by atomic mass is 19.1. The van der Waals surface area contributed by atoms with Crippen LogP contribution in [-0.4, -0.2) is 32.0 Å². The Bertz CT molecular complexity index is 961. The molecule has 0 bridgehead atoms. The van der Waals surface area contributed by atoms with E-state index in [0.29, 0.717) is 6.42 Å². The van der Waals surface area contributed by atoms with E-state index in [1.165, 1.54) is 0 Å². The fraction of sp³-hybridized carbons (Fsp3) is 0.333. The average molecular weight is 338 g/mol. The quantitative estimate of drug-likeness (QED) is 0.786. The van der Waals surface area contributed by atoms with Gasteiger partial charge in [0.25, 0.3) is 0 Å². The van der Waals surface area contributed by atoms with Crippen LogP contribution in [-0.2, 0) is 0 Å². The molecule has 3 aromatic rings. The summed E-state index contributed by atoms with van der Waals surface area (Å²) in [7, 11) is 0. The largest absolute Gasteiger partial charge is 0.367 e. The SMILES string of the molecule is CC1=Nc2ccc(-c3ccn4nc(N)ncc34)nc2[C@H](CCCF)C1. The number of fused-ring (bicyclic) bond motifs is 2. The summed E-state index contributed by atoms with van der Waals surface area (Å²) in [6, 6.07) is 5.90. The van der Waals surface area contributed by atoms with Gasteiger partial charge in [-0.25, -0.2) is 9.50 Å². The van der Waals surface area contributed by atoms with Gasteiger partial charge in [-0.3, -0.25) is 14.4 Å². The van der Waals surface area contributed by atoms with Gasteiger partial charge in [-0.1, -0.05) is 0 Å². The molecule has 0 spiro atoms. The average Bonchev–Trinajstić information content (AvgIpc) is 3.02. The molecule has 6 nitrogen and oxygen atoms in total. The summed E-state index contributed by atoms with van der Waals surface area (Å²) >= 11 is 0. The van der Waals surface area contributed by atoms with Crippen molar-refractivity contribution in [3.05, 3.63) is 36.3 Å². The van der Waals surface area contributed by atoms with E-state index in [2.05, 4.69) is 15.1 Å². The van der Waals surface area contributed by atoms with Crippen molar-refractivity contribution in [3.63, 3.8) is 0 Å². The molecule has 4 rings (SSSR count). The molecule has 1 aliphatic heterocycles. The maximum absolute atomic E-state index is 12.7. The van der Waals surface area contributed by atoms with Crippen LogP contribution in [0.2, 0.25) is 0 Å². The fourth-order valence-corrected chi connectivity index (χ4v) is 3.41. The van der Waals surface area contributed by atoms with Gasteiger partial charge in [0.1, 0.15) is 0 Å². The van der Waals surface area contributed by atoms with Crippen LogP contribution >= 0.6 is 0 Å². The van der Waals surface area contributed by atoms with Gasteiger partial charge in [-0.2, -0.15) is 0 Å². The van der Waals surface area contributed by atoms with E-state index in [4.69, 9.17) is 10.7 Å². The van der Waals surface area contributed by atoms with Crippen molar-refractivity contribution >= 4 is 22.9 Å². The molecular weight excluding hydrogens is 319 g/mol. The van der Waals surface area contributed by atoms with Gasteiger partial charge >= 0.3 is 0 Å². The van der Waals surface area contributed by atoms with Crippen LogP contribution in [0, 0.1) is 0 Å². The summed E-state index contributed by atoms with van der Waals surface area (Å²) in [4.78, 5) is 13.6. The van der Waals surface area contributed by atoms with E-state index < -0.39 is 0 Å². The standard InChI is InChI=1S/C18H19FN6/c1-11-9-12(3-2-7-19)17-15(22-11)5-4-14(23-17)13-6-8-25-16(13)10-21-18(20)24-25/h4-6,8,10,12H,2-3,7,9H2,1H3,(H2,20,24)/t12-/m1/s1. The number of hydrogen-bond donors (Lipinski definition) is 1. The predicted molar refractivity (Wildman–Crippen MR) is 96.0 cm³/mol. The van der Waals surface area contributed by atoms with Crippen LogP contribution < -0.4 is 5.73 Å². The summed E-state index contributed by atoms with van der Waals surface area (Å²) in [5.74, 6) is 0.438. The Morgan fingerprint density at radius 2 is 2.20 bits per heavy atom. The van der Waals surface area contributed by atoms with Crippen molar-refractivity contribution in [1.29, 1.82) is 0 Å². The monoisotopic (exact) mass is 338 g/mol. The second kappa shape index (κ2) is 6.23. The Morgan fingerprint density at radius 1 is 1.32 bits per heavy atom. The normalized spacial score (nSPS) is 16.7. The lowest BCUT2D eigenvalue weighted by molar-refractivity contribution is 0.441. The molecule has 0 saturated heterocycles. The van der Waals surface area contributed by atoms with Crippen molar-refractivity contribution in [3.8, 4) is 11.3 Å². The minimum absolute atomic E-state index is 0.212. The zero-order valence-corrected chi connectivity index (χ0v) is 14.0. The van der Waals surface area contributed by atoms with Crippen LogP contribution in [0.5, 0.6) is 0 Å². The number of aromatic nitrogens is 4. The zero-order valence-electron chi connectivity index (χ0n) is 14.0. The minimum Gasteiger partial charge on any atom is -0.367 e. The third kappa shape index (κ3) is 2.86. The first-order chi connectivity index (χ1) is 12.2. The molecule has 0 amide bonds. The molecule has 1 aliphatic rings. The van der Waals surface area contributed by atoms with Crippen molar-refractivity contribution in [2.75, 3.05) is 12.4 Å². The van der Waals surface area contributed by atoms with E-state index in [9.17, 15) is 4.39 Å². The number of aliphatic imine (C=N–C) groups is 1. The zero-order chi connectivity index (χ0) is 17.4. The van der Waals surface area contributed by atoms with E-state index in [0.717, 1.165) is 46.7 Å². The van der Waals surface area contributed by atoms with Crippen LogP contribution in [0.15, 0.2) is 35.6 Å². The topological polar surface area (TPSA) is 81.5 Å². The molecule has 3 aromatic heterocycles. The van der Waals surface area contributed by atoms with Crippen molar-refractivity contribution in [2.45, 2.75) is 32.1 Å². The Kier molecular flexibility index (Phi) is 3.91. The van der Waals surface area contributed by atoms with Gasteiger partial charge in [0.05, 0.1) is 35.5 Å². The first kappa shape index (κ1) is 15.7. The summed E-state index contributed by atoms with van der Waals surface area (Å²) < 4.78 is 14.3. The Morgan fingerprint density at radius 3 is 3.04 bits per heavy atom. The maximum atomic E-state index is 12.7. The molecular formula is C18H19FN6. The molecule has 0 aromatic carbocycles. The van der Waals surface area contributed by atoms with Crippen LogP contribution in [0.4, 0.5) is 16.0 Å². The molecule has 2 N–H and O–H groups in total. The third-order valence-electron chi connectivity index (χ3n) is 4.54. The number of hydrogen-bond acceptors (Lipinski definition) is 5. The van der Waals surface area contributed by atoms with E-state index in [1.807, 2.05) is 31.3 Å². The molecule has 0 unspecified atom stereocenters. The van der Waals surface area contributed by atoms with Gasteiger partial charge in [-0.15, -0.1) is 5.10 Å². The van der Waals surface area contributed by atoms with Gasteiger partial charge < -0.3 is 5.73 Å². The number of nitrogens with zero attached hydrogens (tertiary/aromatic N) is 5. The summed E-state index contributed by atoms with van der Waals surface area (Å²) in [6.07, 6.45) is 5.70. The Hall–Kier alpha value is -2.83. The number of halogens is 1. The Labute approximate surface area is 144 Å². The first-order valence-electron chi connectivity index (χ1n) is 8.37. The number of rotatable bonds is 4. The number of nitrogens with two attached hydrogens (primary N) is 1. The lowest BCUT2D eigenvalue weighted by atomic mass is 9.90. The number of pyridine rings is 1. The fourth-order valence-electron chi connectivity index (χ4n) is 3.41. The van der Waals surface area contributed by atoms with Gasteiger partial charge in [0.2, 0.25) is 5.95 Å². The molecule has 0 aliphatic carbocycles. The summed E-state index contributed by atoms with van der Waals surface area (Å²) in [5, 5.41) is 4.17. The predicted octanol–water partition coefficient (Wildman–Crippen LogP) is 3.70. The second-order valence-electron chi connectivity index (χ2n) is 6.36. The lowest BCUT2D eigenvalue weighted by Gasteiger charge is -2.23. The molecule has 1 atom stereocenters. The van der Waals surface area contributed by atoms with Crippen molar-refractivity contribution in [1.82, 2.24) is 19.6 Å². The third-order valence-corrected chi connectivity index (χ3v) is 4.54. The number of anilines is 1. The number of nitrogen functional groups attached to an aromatic ring is 1. The van der Waals surface area contributed by atoms with Gasteiger partial charge in [-0.05, 0) is 44.4 Å². The molecule has 4 heterocycles. The van der Waals surface area contributed by atoms with Gasteiger partial charge in [0, 0.05) is 23.4 Å². The first-order valence-corrected chi connectivity index (χ1v) is 8.37. The highest BCUT2D eigenvalue weighted by Gasteiger charge is 2.23. The van der Waals surface area contributed by atoms with Crippen molar-refractivity contribution in [2.24, 2.45) is 4.99 Å². The molecule has 0 fully saturated rings. The summed E-state index contributed by atoms with van der Waals surface area (Å²) in [5.41, 5.74) is 11.2. The van der Waals surface area contributed by atoms with E-state index >= 15 is 0 Å². The van der Waals surface area contributed by atoms with E-state index in [-0.39, 0.29) is 18.5 Å². The highest BCUT2D eigenvalue weighted by Crippen LogP contribution is 2.38. The smallest absolute Gasteiger partial charge is 0.238 e. The molecule has 25 heavy (non-hydrogen) atoms. The molecule has 128 valence electrons. The second-order valence-corrected chi connectivity index (χ2v) is 6.36. The summed E-state index contributed by atoms with van der Waals surface area (Å²) in [6.45, 7) is 1.72. The Balaban J connectivity index is 1.79. The highest BCUT2D eigenvalue weighted by molar-refractivity contribution is 5.88. The lowest BCUT2D eigenvalue weighted by Crippen LogP contribution is -2.12.